The molecule has 1 aromatic carbocycles. The average molecular weight is 266 g/mol. The summed E-state index contributed by atoms with van der Waals surface area (Å²) in [6.07, 6.45) is 3.92. The molecule has 0 saturated heterocycles. The Morgan fingerprint density at radius 3 is 2.56 bits per heavy atom. The molecule has 1 aliphatic rings. The largest absolute Gasteiger partial charge is 0.343 e. The van der Waals surface area contributed by atoms with E-state index in [0.717, 1.165) is 17.4 Å². The molecule has 0 N–H and O–H groups in total. The molecule has 0 aromatic heterocycles. The minimum Gasteiger partial charge on any atom is -0.343 e. The van der Waals surface area contributed by atoms with E-state index in [-0.39, 0.29) is 5.91 Å². The smallest absolute Gasteiger partial charge is 0.222 e. The van der Waals surface area contributed by atoms with Crippen LogP contribution < -0.4 is 0 Å². The Morgan fingerprint density at radius 2 is 2.00 bits per heavy atom. The second-order valence-corrected chi connectivity index (χ2v) is 5.65. The molecule has 2 nitrogen and oxygen atoms in total. The number of nitrogens with zero attached hydrogens (tertiary/aromatic N) is 1. The first-order valence-electron chi connectivity index (χ1n) is 6.58. The number of hydrogen-bond donors (Lipinski definition) is 0. The fourth-order valence-electron chi connectivity index (χ4n) is 2.20. The molecule has 1 aliphatic carbocycles. The van der Waals surface area contributed by atoms with Crippen molar-refractivity contribution < 1.29 is 4.79 Å². The summed E-state index contributed by atoms with van der Waals surface area (Å²) in [4.78, 5) is 14.0. The van der Waals surface area contributed by atoms with Crippen molar-refractivity contribution >= 4 is 17.5 Å². The zero-order valence-corrected chi connectivity index (χ0v) is 11.8. The maximum Gasteiger partial charge on any atom is 0.222 e. The van der Waals surface area contributed by atoms with Crippen LogP contribution in [0.5, 0.6) is 0 Å². The SMILES string of the molecule is CC(C1CC1)N(C)C(=O)CCc1ccc(Cl)cc1. The minimum atomic E-state index is 0.240. The summed E-state index contributed by atoms with van der Waals surface area (Å²) in [5, 5.41) is 0.740. The van der Waals surface area contributed by atoms with Gasteiger partial charge in [0.15, 0.2) is 0 Å². The van der Waals surface area contributed by atoms with E-state index in [1.807, 2.05) is 36.2 Å². The van der Waals surface area contributed by atoms with Crippen molar-refractivity contribution in [3.05, 3.63) is 34.9 Å². The maximum absolute atomic E-state index is 12.1. The fraction of sp³-hybridized carbons (Fsp3) is 0.533. The number of carbonyl (C=O) groups excluding carboxylic acids is 1. The van der Waals surface area contributed by atoms with Crippen molar-refractivity contribution in [3.63, 3.8) is 0 Å². The number of amides is 1. The highest BCUT2D eigenvalue weighted by Crippen LogP contribution is 2.34. The average Bonchev–Trinajstić information content (AvgIpc) is 3.20. The molecule has 2 rings (SSSR count). The Hall–Kier alpha value is -1.02. The molecule has 98 valence electrons. The molecule has 1 aromatic rings. The van der Waals surface area contributed by atoms with E-state index in [9.17, 15) is 4.79 Å². The standard InChI is InChI=1S/C15H20ClNO/c1-11(13-6-7-13)17(2)15(18)10-5-12-3-8-14(16)9-4-12/h3-4,8-9,11,13H,5-7,10H2,1-2H3. The Balaban J connectivity index is 1.81. The Kier molecular flexibility index (Phi) is 4.28. The maximum atomic E-state index is 12.1. The van der Waals surface area contributed by atoms with Crippen LogP contribution in [0.1, 0.15) is 31.7 Å². The van der Waals surface area contributed by atoms with E-state index >= 15 is 0 Å². The predicted molar refractivity (Wildman–Crippen MR) is 74.7 cm³/mol. The summed E-state index contributed by atoms with van der Waals surface area (Å²) < 4.78 is 0. The Bertz CT molecular complexity index is 411. The van der Waals surface area contributed by atoms with Crippen molar-refractivity contribution in [2.75, 3.05) is 7.05 Å². The molecule has 1 fully saturated rings. The molecule has 1 saturated carbocycles. The normalized spacial score (nSPS) is 16.4. The second kappa shape index (κ2) is 5.75. The van der Waals surface area contributed by atoms with Crippen molar-refractivity contribution in [1.82, 2.24) is 4.90 Å². The van der Waals surface area contributed by atoms with Crippen LogP contribution in [0.4, 0.5) is 0 Å². The summed E-state index contributed by atoms with van der Waals surface area (Å²) in [5.74, 6) is 0.971. The lowest BCUT2D eigenvalue weighted by Crippen LogP contribution is -2.36. The Labute approximate surface area is 114 Å². The van der Waals surface area contributed by atoms with Gasteiger partial charge in [0.2, 0.25) is 5.91 Å². The molecule has 0 bridgehead atoms. The van der Waals surface area contributed by atoms with Crippen molar-refractivity contribution in [1.29, 1.82) is 0 Å². The van der Waals surface area contributed by atoms with Crippen LogP contribution in [-0.2, 0) is 11.2 Å². The van der Waals surface area contributed by atoms with Crippen LogP contribution in [0.25, 0.3) is 0 Å². The molecule has 0 spiro atoms. The van der Waals surface area contributed by atoms with Crippen LogP contribution >= 0.6 is 11.6 Å². The first kappa shape index (κ1) is 13.4. The van der Waals surface area contributed by atoms with Gasteiger partial charge >= 0.3 is 0 Å². The molecule has 3 heteroatoms. The predicted octanol–water partition coefficient (Wildman–Crippen LogP) is 3.53. The second-order valence-electron chi connectivity index (χ2n) is 5.21. The van der Waals surface area contributed by atoms with Crippen LogP contribution in [0.2, 0.25) is 5.02 Å². The van der Waals surface area contributed by atoms with Crippen LogP contribution in [0.15, 0.2) is 24.3 Å². The van der Waals surface area contributed by atoms with Gasteiger partial charge in [0.05, 0.1) is 0 Å². The van der Waals surface area contributed by atoms with E-state index in [0.29, 0.717) is 12.5 Å². The third kappa shape index (κ3) is 3.49. The molecular formula is C15H20ClNO. The lowest BCUT2D eigenvalue weighted by Gasteiger charge is -2.24. The van der Waals surface area contributed by atoms with Crippen LogP contribution in [0, 0.1) is 5.92 Å². The molecular weight excluding hydrogens is 246 g/mol. The van der Waals surface area contributed by atoms with Gasteiger partial charge in [0.25, 0.3) is 0 Å². The highest BCUT2D eigenvalue weighted by molar-refractivity contribution is 6.30. The first-order valence-corrected chi connectivity index (χ1v) is 6.96. The number of rotatable bonds is 5. The topological polar surface area (TPSA) is 20.3 Å². The van der Waals surface area contributed by atoms with Gasteiger partial charge in [-0.1, -0.05) is 23.7 Å². The van der Waals surface area contributed by atoms with E-state index in [2.05, 4.69) is 6.92 Å². The molecule has 1 atom stereocenters. The van der Waals surface area contributed by atoms with Crippen LogP contribution in [0.3, 0.4) is 0 Å². The summed E-state index contributed by atoms with van der Waals surface area (Å²) in [6, 6.07) is 8.11. The van der Waals surface area contributed by atoms with Gasteiger partial charge in [-0.2, -0.15) is 0 Å². The van der Waals surface area contributed by atoms with Gasteiger partial charge in [0, 0.05) is 24.5 Å². The molecule has 18 heavy (non-hydrogen) atoms. The quantitative estimate of drug-likeness (QED) is 0.798. The summed E-state index contributed by atoms with van der Waals surface area (Å²) in [7, 11) is 1.92. The highest BCUT2D eigenvalue weighted by atomic mass is 35.5. The molecule has 0 radical (unpaired) electrons. The van der Waals surface area contributed by atoms with Crippen molar-refractivity contribution in [3.8, 4) is 0 Å². The molecule has 1 amide bonds. The van der Waals surface area contributed by atoms with Gasteiger partial charge < -0.3 is 4.90 Å². The number of aryl methyl sites for hydroxylation is 1. The van der Waals surface area contributed by atoms with Crippen LogP contribution in [-0.4, -0.2) is 23.9 Å². The van der Waals surface area contributed by atoms with Crippen molar-refractivity contribution in [2.24, 2.45) is 5.92 Å². The Morgan fingerprint density at radius 1 is 1.39 bits per heavy atom. The molecule has 0 heterocycles. The van der Waals surface area contributed by atoms with E-state index in [4.69, 9.17) is 11.6 Å². The van der Waals surface area contributed by atoms with E-state index < -0.39 is 0 Å². The zero-order valence-electron chi connectivity index (χ0n) is 11.0. The summed E-state index contributed by atoms with van der Waals surface area (Å²) in [6.45, 7) is 2.15. The summed E-state index contributed by atoms with van der Waals surface area (Å²) >= 11 is 5.83. The van der Waals surface area contributed by atoms with Gasteiger partial charge in [-0.05, 0) is 49.8 Å². The molecule has 1 unspecified atom stereocenters. The van der Waals surface area contributed by atoms with Gasteiger partial charge in [0.1, 0.15) is 0 Å². The number of benzene rings is 1. The monoisotopic (exact) mass is 265 g/mol. The zero-order chi connectivity index (χ0) is 13.1. The fourth-order valence-corrected chi connectivity index (χ4v) is 2.33. The highest BCUT2D eigenvalue weighted by Gasteiger charge is 2.32. The van der Waals surface area contributed by atoms with E-state index in [1.54, 1.807) is 0 Å². The minimum absolute atomic E-state index is 0.240. The number of carbonyl (C=O) groups is 1. The number of hydrogen-bond acceptors (Lipinski definition) is 1. The van der Waals surface area contributed by atoms with Gasteiger partial charge in [-0.3, -0.25) is 4.79 Å². The lowest BCUT2D eigenvalue weighted by molar-refractivity contribution is -0.132. The third-order valence-electron chi connectivity index (χ3n) is 3.85. The van der Waals surface area contributed by atoms with Crippen molar-refractivity contribution in [2.45, 2.75) is 38.6 Å². The summed E-state index contributed by atoms with van der Waals surface area (Å²) in [5.41, 5.74) is 1.17. The number of halogens is 1. The first-order chi connectivity index (χ1) is 8.58. The molecule has 0 aliphatic heterocycles. The lowest BCUT2D eigenvalue weighted by atomic mass is 10.1. The van der Waals surface area contributed by atoms with Gasteiger partial charge in [-0.15, -0.1) is 0 Å². The van der Waals surface area contributed by atoms with E-state index in [1.165, 1.54) is 18.4 Å². The third-order valence-corrected chi connectivity index (χ3v) is 4.10. The van der Waals surface area contributed by atoms with Gasteiger partial charge in [-0.25, -0.2) is 0 Å².